The van der Waals surface area contributed by atoms with Crippen LogP contribution in [0.5, 0.6) is 0 Å². The lowest BCUT2D eigenvalue weighted by Gasteiger charge is -2.33. The Hall–Kier alpha value is -0.780. The summed E-state index contributed by atoms with van der Waals surface area (Å²) >= 11 is 2.26. The minimum Gasteiger partial charge on any atom is -0.465 e. The zero-order valence-electron chi connectivity index (χ0n) is 10.4. The molecule has 0 spiro atoms. The van der Waals surface area contributed by atoms with E-state index in [9.17, 15) is 4.79 Å². The number of amides is 1. The van der Waals surface area contributed by atoms with Crippen molar-refractivity contribution in [3.63, 3.8) is 0 Å². The van der Waals surface area contributed by atoms with Gasteiger partial charge in [0.25, 0.3) is 0 Å². The van der Waals surface area contributed by atoms with E-state index < -0.39 is 6.09 Å². The van der Waals surface area contributed by atoms with E-state index in [4.69, 9.17) is 5.11 Å². The van der Waals surface area contributed by atoms with E-state index in [2.05, 4.69) is 22.6 Å². The molecule has 1 N–H and O–H groups in total. The number of hydrogen-bond acceptors (Lipinski definition) is 1. The van der Waals surface area contributed by atoms with E-state index in [1.165, 1.54) is 14.0 Å². The predicted molar refractivity (Wildman–Crippen MR) is 77.3 cm³/mol. The first kappa shape index (κ1) is 14.3. The molecule has 4 heteroatoms. The molecule has 0 fully saturated rings. The van der Waals surface area contributed by atoms with Crippen LogP contribution in [0.2, 0.25) is 0 Å². The van der Waals surface area contributed by atoms with Crippen LogP contribution in [0, 0.1) is 3.57 Å². The monoisotopic (exact) mass is 347 g/mol. The molecule has 0 saturated carbocycles. The Labute approximate surface area is 116 Å². The molecule has 0 aliphatic heterocycles. The summed E-state index contributed by atoms with van der Waals surface area (Å²) in [6.07, 6.45) is -0.108. The van der Waals surface area contributed by atoms with Gasteiger partial charge in [-0.25, -0.2) is 4.79 Å². The van der Waals surface area contributed by atoms with Crippen molar-refractivity contribution < 1.29 is 9.90 Å². The molecule has 1 amide bonds. The van der Waals surface area contributed by atoms with E-state index in [1.54, 1.807) is 0 Å². The fraction of sp³-hybridized carbons (Fsp3) is 0.462. The van der Waals surface area contributed by atoms with Gasteiger partial charge in [-0.1, -0.05) is 12.1 Å². The quantitative estimate of drug-likeness (QED) is 0.849. The van der Waals surface area contributed by atoms with Crippen LogP contribution in [0.15, 0.2) is 24.3 Å². The number of benzene rings is 1. The highest BCUT2D eigenvalue weighted by molar-refractivity contribution is 14.1. The predicted octanol–water partition coefficient (Wildman–Crippen LogP) is 3.61. The third kappa shape index (κ3) is 4.53. The number of rotatable bonds is 3. The summed E-state index contributed by atoms with van der Waals surface area (Å²) in [5, 5.41) is 9.16. The summed E-state index contributed by atoms with van der Waals surface area (Å²) in [7, 11) is 0. The van der Waals surface area contributed by atoms with E-state index in [0.29, 0.717) is 6.54 Å². The Morgan fingerprint density at radius 2 is 1.82 bits per heavy atom. The van der Waals surface area contributed by atoms with Crippen molar-refractivity contribution in [1.82, 2.24) is 4.90 Å². The van der Waals surface area contributed by atoms with Crippen molar-refractivity contribution in [2.75, 3.05) is 6.54 Å². The van der Waals surface area contributed by atoms with Crippen LogP contribution in [0.4, 0.5) is 4.79 Å². The molecule has 0 saturated heterocycles. The topological polar surface area (TPSA) is 40.5 Å². The fourth-order valence-electron chi connectivity index (χ4n) is 1.61. The maximum atomic E-state index is 11.1. The number of hydrogen-bond donors (Lipinski definition) is 1. The zero-order valence-corrected chi connectivity index (χ0v) is 12.6. The second-order valence-corrected chi connectivity index (χ2v) is 6.23. The molecule has 94 valence electrons. The maximum Gasteiger partial charge on any atom is 0.407 e. The second kappa shape index (κ2) is 5.71. The van der Waals surface area contributed by atoms with E-state index >= 15 is 0 Å². The highest BCUT2D eigenvalue weighted by Crippen LogP contribution is 2.15. The highest BCUT2D eigenvalue weighted by atomic mass is 127. The SMILES string of the molecule is CC(C)(C)N(CCc1ccc(I)cc1)C(=O)O. The van der Waals surface area contributed by atoms with Gasteiger partial charge in [0.05, 0.1) is 0 Å². The first-order valence-electron chi connectivity index (χ1n) is 5.56. The molecular weight excluding hydrogens is 329 g/mol. The number of carbonyl (C=O) groups is 1. The molecule has 1 aromatic rings. The standard InChI is InChI=1S/C13H18INO2/c1-13(2,3)15(12(16)17)9-8-10-4-6-11(14)7-5-10/h4-7H,8-9H2,1-3H3,(H,16,17). The van der Waals surface area contributed by atoms with Gasteiger partial charge in [0, 0.05) is 15.7 Å². The molecule has 0 bridgehead atoms. The van der Waals surface area contributed by atoms with E-state index in [-0.39, 0.29) is 5.54 Å². The van der Waals surface area contributed by atoms with E-state index in [1.807, 2.05) is 45.0 Å². The maximum absolute atomic E-state index is 11.1. The molecule has 0 atom stereocenters. The van der Waals surface area contributed by atoms with Gasteiger partial charge >= 0.3 is 6.09 Å². The molecule has 17 heavy (non-hydrogen) atoms. The summed E-state index contributed by atoms with van der Waals surface area (Å²) in [4.78, 5) is 12.6. The second-order valence-electron chi connectivity index (χ2n) is 4.98. The van der Waals surface area contributed by atoms with Crippen molar-refractivity contribution in [3.05, 3.63) is 33.4 Å². The van der Waals surface area contributed by atoms with Gasteiger partial charge in [-0.15, -0.1) is 0 Å². The summed E-state index contributed by atoms with van der Waals surface area (Å²) in [5.74, 6) is 0. The normalized spacial score (nSPS) is 11.3. The van der Waals surface area contributed by atoms with Gasteiger partial charge in [0.1, 0.15) is 0 Å². The van der Waals surface area contributed by atoms with Gasteiger partial charge < -0.3 is 10.0 Å². The highest BCUT2D eigenvalue weighted by Gasteiger charge is 2.25. The minimum absolute atomic E-state index is 0.352. The van der Waals surface area contributed by atoms with Crippen LogP contribution in [0.25, 0.3) is 0 Å². The molecule has 0 aromatic heterocycles. The van der Waals surface area contributed by atoms with Crippen molar-refractivity contribution in [3.8, 4) is 0 Å². The van der Waals surface area contributed by atoms with Crippen LogP contribution in [0.1, 0.15) is 26.3 Å². The third-order valence-electron chi connectivity index (χ3n) is 2.58. The summed E-state index contributed by atoms with van der Waals surface area (Å²) in [6, 6.07) is 8.17. The smallest absolute Gasteiger partial charge is 0.407 e. The average Bonchev–Trinajstić information content (AvgIpc) is 2.18. The molecule has 0 heterocycles. The molecule has 3 nitrogen and oxygen atoms in total. The molecule has 0 aliphatic carbocycles. The summed E-state index contributed by atoms with van der Waals surface area (Å²) < 4.78 is 1.19. The number of nitrogens with zero attached hydrogens (tertiary/aromatic N) is 1. The molecule has 0 radical (unpaired) electrons. The molecule has 0 unspecified atom stereocenters. The Bertz CT molecular complexity index is 381. The van der Waals surface area contributed by atoms with Crippen molar-refractivity contribution in [2.24, 2.45) is 0 Å². The van der Waals surface area contributed by atoms with Crippen molar-refractivity contribution >= 4 is 28.7 Å². The fourth-order valence-corrected chi connectivity index (χ4v) is 1.97. The number of halogens is 1. The first-order chi connectivity index (χ1) is 7.80. The van der Waals surface area contributed by atoms with Gasteiger partial charge in [-0.05, 0) is 67.5 Å². The number of carboxylic acid groups (broad SMARTS) is 1. The molecule has 1 rings (SSSR count). The van der Waals surface area contributed by atoms with Gasteiger partial charge in [-0.2, -0.15) is 0 Å². The molecule has 0 aliphatic rings. The Morgan fingerprint density at radius 1 is 1.29 bits per heavy atom. The lowest BCUT2D eigenvalue weighted by Crippen LogP contribution is -2.45. The Kier molecular flexibility index (Phi) is 4.80. The van der Waals surface area contributed by atoms with Crippen LogP contribution in [-0.4, -0.2) is 28.2 Å². The zero-order chi connectivity index (χ0) is 13.1. The van der Waals surface area contributed by atoms with Gasteiger partial charge in [0.15, 0.2) is 0 Å². The van der Waals surface area contributed by atoms with Crippen LogP contribution in [0.3, 0.4) is 0 Å². The molecular formula is C13H18INO2. The summed E-state index contributed by atoms with van der Waals surface area (Å²) in [5.41, 5.74) is 0.815. The largest absolute Gasteiger partial charge is 0.465 e. The first-order valence-corrected chi connectivity index (χ1v) is 6.63. The van der Waals surface area contributed by atoms with Crippen LogP contribution in [-0.2, 0) is 6.42 Å². The average molecular weight is 347 g/mol. The third-order valence-corrected chi connectivity index (χ3v) is 3.30. The minimum atomic E-state index is -0.858. The Morgan fingerprint density at radius 3 is 2.24 bits per heavy atom. The molecule has 1 aromatic carbocycles. The van der Waals surface area contributed by atoms with Crippen LogP contribution >= 0.6 is 22.6 Å². The van der Waals surface area contributed by atoms with Crippen molar-refractivity contribution in [2.45, 2.75) is 32.7 Å². The van der Waals surface area contributed by atoms with Crippen LogP contribution < -0.4 is 0 Å². The lowest BCUT2D eigenvalue weighted by molar-refractivity contribution is 0.101. The van der Waals surface area contributed by atoms with Gasteiger partial charge in [0.2, 0.25) is 0 Å². The summed E-state index contributed by atoms with van der Waals surface area (Å²) in [6.45, 7) is 6.26. The van der Waals surface area contributed by atoms with E-state index in [0.717, 1.165) is 6.42 Å². The van der Waals surface area contributed by atoms with Crippen molar-refractivity contribution in [1.29, 1.82) is 0 Å². The lowest BCUT2D eigenvalue weighted by atomic mass is 10.1. The Balaban J connectivity index is 2.65. The van der Waals surface area contributed by atoms with Gasteiger partial charge in [-0.3, -0.25) is 0 Å².